The van der Waals surface area contributed by atoms with Crippen molar-refractivity contribution in [1.29, 1.82) is 0 Å². The predicted octanol–water partition coefficient (Wildman–Crippen LogP) is 2.89. The van der Waals surface area contributed by atoms with E-state index in [4.69, 9.17) is 0 Å². The van der Waals surface area contributed by atoms with Crippen LogP contribution >= 0.6 is 0 Å². The van der Waals surface area contributed by atoms with Gasteiger partial charge in [-0.3, -0.25) is 0 Å². The van der Waals surface area contributed by atoms with E-state index >= 15 is 0 Å². The topological polar surface area (TPSA) is 42.7 Å². The highest BCUT2D eigenvalue weighted by Gasteiger charge is 2.08. The lowest BCUT2D eigenvalue weighted by Gasteiger charge is -2.07. The van der Waals surface area contributed by atoms with Crippen LogP contribution in [0.1, 0.15) is 44.4 Å². The first-order chi connectivity index (χ1) is 9.78. The number of nitrogens with one attached hydrogen (secondary N) is 1. The van der Waals surface area contributed by atoms with Crippen LogP contribution in [-0.2, 0) is 19.4 Å². The van der Waals surface area contributed by atoms with E-state index in [9.17, 15) is 0 Å². The molecule has 0 aliphatic carbocycles. The van der Waals surface area contributed by atoms with Crippen molar-refractivity contribution in [1.82, 2.24) is 20.1 Å². The van der Waals surface area contributed by atoms with Crippen molar-refractivity contribution < 1.29 is 0 Å². The summed E-state index contributed by atoms with van der Waals surface area (Å²) < 4.78 is 1.96. The molecule has 0 saturated heterocycles. The van der Waals surface area contributed by atoms with Crippen molar-refractivity contribution in [3.8, 4) is 5.69 Å². The van der Waals surface area contributed by atoms with Gasteiger partial charge >= 0.3 is 0 Å². The fourth-order valence-electron chi connectivity index (χ4n) is 2.14. The van der Waals surface area contributed by atoms with Gasteiger partial charge in [-0.1, -0.05) is 32.9 Å². The van der Waals surface area contributed by atoms with Gasteiger partial charge in [0, 0.05) is 19.4 Å². The van der Waals surface area contributed by atoms with Crippen LogP contribution < -0.4 is 5.32 Å². The highest BCUT2D eigenvalue weighted by molar-refractivity contribution is 5.34. The summed E-state index contributed by atoms with van der Waals surface area (Å²) in [7, 11) is 0. The highest BCUT2D eigenvalue weighted by atomic mass is 15.3. The first-order valence-corrected chi connectivity index (χ1v) is 7.53. The summed E-state index contributed by atoms with van der Waals surface area (Å²) in [6.45, 7) is 8.36. The average molecular weight is 272 g/mol. The lowest BCUT2D eigenvalue weighted by Crippen LogP contribution is -2.13. The van der Waals surface area contributed by atoms with Crippen molar-refractivity contribution >= 4 is 0 Å². The molecule has 1 heterocycles. The summed E-state index contributed by atoms with van der Waals surface area (Å²) >= 11 is 0. The third-order valence-corrected chi connectivity index (χ3v) is 3.29. The van der Waals surface area contributed by atoms with E-state index < -0.39 is 0 Å². The molecule has 108 valence electrons. The maximum atomic E-state index is 4.56. The molecule has 2 aromatic rings. The Morgan fingerprint density at radius 2 is 1.80 bits per heavy atom. The molecule has 4 nitrogen and oxygen atoms in total. The average Bonchev–Trinajstić information content (AvgIpc) is 2.91. The van der Waals surface area contributed by atoms with E-state index in [1.165, 1.54) is 5.56 Å². The van der Waals surface area contributed by atoms with Crippen molar-refractivity contribution in [2.45, 2.75) is 46.6 Å². The second-order valence-corrected chi connectivity index (χ2v) is 4.91. The molecule has 0 amide bonds. The van der Waals surface area contributed by atoms with E-state index in [2.05, 4.69) is 60.4 Å². The number of benzene rings is 1. The largest absolute Gasteiger partial charge is 0.313 e. The number of hydrogen-bond donors (Lipinski definition) is 1. The number of aryl methyl sites for hydroxylation is 2. The minimum absolute atomic E-state index is 0.874. The molecule has 1 aromatic heterocycles. The molecule has 20 heavy (non-hydrogen) atoms. The molecular weight excluding hydrogens is 248 g/mol. The van der Waals surface area contributed by atoms with Crippen LogP contribution in [-0.4, -0.2) is 21.3 Å². The molecule has 0 fully saturated rings. The lowest BCUT2D eigenvalue weighted by molar-refractivity contribution is 0.675. The molecule has 1 aromatic carbocycles. The van der Waals surface area contributed by atoms with Gasteiger partial charge in [0.2, 0.25) is 0 Å². The smallest absolute Gasteiger partial charge is 0.151 e. The van der Waals surface area contributed by atoms with Crippen LogP contribution in [0.5, 0.6) is 0 Å². The Morgan fingerprint density at radius 3 is 2.40 bits per heavy atom. The standard InChI is InChI=1S/C16H24N4/c1-4-11-17-12-13-7-9-14(10-8-13)20-16(6-3)18-15(5-2)19-20/h7-10,17H,4-6,11-12H2,1-3H3. The van der Waals surface area contributed by atoms with Crippen LogP contribution in [0.15, 0.2) is 24.3 Å². The summed E-state index contributed by atoms with van der Waals surface area (Å²) in [5.74, 6) is 1.94. The molecule has 0 atom stereocenters. The normalized spacial score (nSPS) is 10.9. The van der Waals surface area contributed by atoms with Gasteiger partial charge in [-0.05, 0) is 30.7 Å². The first kappa shape index (κ1) is 14.7. The third kappa shape index (κ3) is 3.45. The van der Waals surface area contributed by atoms with Crippen LogP contribution in [0, 0.1) is 0 Å². The summed E-state index contributed by atoms with van der Waals surface area (Å²) in [4.78, 5) is 4.55. The van der Waals surface area contributed by atoms with E-state index in [1.807, 2.05) is 4.68 Å². The maximum Gasteiger partial charge on any atom is 0.151 e. The van der Waals surface area contributed by atoms with Crippen molar-refractivity contribution in [3.05, 3.63) is 41.5 Å². The maximum absolute atomic E-state index is 4.56. The second kappa shape index (κ2) is 7.20. The minimum atomic E-state index is 0.874. The van der Waals surface area contributed by atoms with Gasteiger partial charge < -0.3 is 5.32 Å². The predicted molar refractivity (Wildman–Crippen MR) is 82.1 cm³/mol. The van der Waals surface area contributed by atoms with E-state index in [-0.39, 0.29) is 0 Å². The molecule has 0 aliphatic rings. The fourth-order valence-corrected chi connectivity index (χ4v) is 2.14. The number of rotatable bonds is 7. The number of nitrogens with zero attached hydrogens (tertiary/aromatic N) is 3. The van der Waals surface area contributed by atoms with Gasteiger partial charge in [-0.2, -0.15) is 5.10 Å². The van der Waals surface area contributed by atoms with Gasteiger partial charge in [-0.25, -0.2) is 9.67 Å². The van der Waals surface area contributed by atoms with Gasteiger partial charge in [0.1, 0.15) is 5.82 Å². The Labute approximate surface area is 121 Å². The Bertz CT molecular complexity index is 528. The highest BCUT2D eigenvalue weighted by Crippen LogP contribution is 2.12. The summed E-state index contributed by atoms with van der Waals surface area (Å²) in [5, 5.41) is 7.98. The molecule has 0 bridgehead atoms. The zero-order chi connectivity index (χ0) is 14.4. The van der Waals surface area contributed by atoms with Gasteiger partial charge in [0.05, 0.1) is 5.69 Å². The van der Waals surface area contributed by atoms with Crippen LogP contribution in [0.4, 0.5) is 0 Å². The first-order valence-electron chi connectivity index (χ1n) is 7.53. The van der Waals surface area contributed by atoms with Gasteiger partial charge in [0.25, 0.3) is 0 Å². The van der Waals surface area contributed by atoms with Crippen LogP contribution in [0.2, 0.25) is 0 Å². The van der Waals surface area contributed by atoms with Crippen LogP contribution in [0.3, 0.4) is 0 Å². The van der Waals surface area contributed by atoms with Crippen molar-refractivity contribution in [2.24, 2.45) is 0 Å². The van der Waals surface area contributed by atoms with Gasteiger partial charge in [0.15, 0.2) is 5.82 Å². The van der Waals surface area contributed by atoms with Crippen molar-refractivity contribution in [2.75, 3.05) is 6.54 Å². The minimum Gasteiger partial charge on any atom is -0.313 e. The molecule has 4 heteroatoms. The third-order valence-electron chi connectivity index (χ3n) is 3.29. The summed E-state index contributed by atoms with van der Waals surface area (Å²) in [5.41, 5.74) is 2.39. The lowest BCUT2D eigenvalue weighted by atomic mass is 10.2. The molecule has 0 spiro atoms. The molecule has 0 radical (unpaired) electrons. The fraction of sp³-hybridized carbons (Fsp3) is 0.500. The molecule has 0 aliphatic heterocycles. The molecule has 0 unspecified atom stereocenters. The Morgan fingerprint density at radius 1 is 1.05 bits per heavy atom. The quantitative estimate of drug-likeness (QED) is 0.788. The molecule has 1 N–H and O–H groups in total. The Hall–Kier alpha value is -1.68. The zero-order valence-electron chi connectivity index (χ0n) is 12.7. The number of hydrogen-bond acceptors (Lipinski definition) is 3. The Balaban J connectivity index is 2.14. The monoisotopic (exact) mass is 272 g/mol. The molecule has 2 rings (SSSR count). The summed E-state index contributed by atoms with van der Waals surface area (Å²) in [6, 6.07) is 8.56. The summed E-state index contributed by atoms with van der Waals surface area (Å²) in [6.07, 6.45) is 2.93. The van der Waals surface area contributed by atoms with E-state index in [0.717, 1.165) is 49.7 Å². The second-order valence-electron chi connectivity index (χ2n) is 4.91. The Kier molecular flexibility index (Phi) is 5.30. The van der Waals surface area contributed by atoms with Crippen LogP contribution in [0.25, 0.3) is 5.69 Å². The van der Waals surface area contributed by atoms with E-state index in [1.54, 1.807) is 0 Å². The van der Waals surface area contributed by atoms with Gasteiger partial charge in [-0.15, -0.1) is 0 Å². The molecule has 0 saturated carbocycles. The zero-order valence-corrected chi connectivity index (χ0v) is 12.7. The number of aromatic nitrogens is 3. The van der Waals surface area contributed by atoms with Crippen molar-refractivity contribution in [3.63, 3.8) is 0 Å². The van der Waals surface area contributed by atoms with E-state index in [0.29, 0.717) is 0 Å². The SMILES string of the molecule is CCCNCc1ccc(-n2nc(CC)nc2CC)cc1. The molecular formula is C16H24N4.